The SMILES string of the molecule is NN=Nc1c(NN)cc(S(=O)(=O)O)c2ccccc12. The van der Waals surface area contributed by atoms with Gasteiger partial charge in [0.05, 0.1) is 5.69 Å². The number of rotatable bonds is 3. The first-order valence-electron chi connectivity index (χ1n) is 5.10. The van der Waals surface area contributed by atoms with Gasteiger partial charge in [0.2, 0.25) is 0 Å². The second-order valence-corrected chi connectivity index (χ2v) is 5.04. The molecule has 0 unspecified atom stereocenters. The molecule has 0 saturated heterocycles. The first-order valence-corrected chi connectivity index (χ1v) is 6.54. The Morgan fingerprint density at radius 2 is 1.84 bits per heavy atom. The van der Waals surface area contributed by atoms with E-state index in [1.54, 1.807) is 18.2 Å². The van der Waals surface area contributed by atoms with Gasteiger partial charge in [0.1, 0.15) is 10.6 Å². The molecule has 19 heavy (non-hydrogen) atoms. The highest BCUT2D eigenvalue weighted by molar-refractivity contribution is 7.86. The topological polar surface area (TPSA) is 143 Å². The molecule has 0 heterocycles. The van der Waals surface area contributed by atoms with Gasteiger partial charge in [-0.15, -0.1) is 5.11 Å². The maximum absolute atomic E-state index is 11.4. The average Bonchev–Trinajstić information content (AvgIpc) is 2.38. The third kappa shape index (κ3) is 2.34. The van der Waals surface area contributed by atoms with Gasteiger partial charge in [0.15, 0.2) is 0 Å². The van der Waals surface area contributed by atoms with Crippen LogP contribution in [0.25, 0.3) is 10.8 Å². The van der Waals surface area contributed by atoms with Crippen LogP contribution in [0.5, 0.6) is 0 Å². The molecule has 2 rings (SSSR count). The number of hydrogen-bond acceptors (Lipinski definition) is 6. The Labute approximate surface area is 108 Å². The van der Waals surface area contributed by atoms with E-state index < -0.39 is 10.1 Å². The molecule has 2 aromatic rings. The summed E-state index contributed by atoms with van der Waals surface area (Å²) in [5.74, 6) is 10.3. The first kappa shape index (κ1) is 13.2. The van der Waals surface area contributed by atoms with E-state index in [0.29, 0.717) is 10.8 Å². The van der Waals surface area contributed by atoms with E-state index in [1.807, 2.05) is 0 Å². The number of nitrogen functional groups attached to an aromatic ring is 1. The van der Waals surface area contributed by atoms with E-state index in [2.05, 4.69) is 15.8 Å². The van der Waals surface area contributed by atoms with Crippen molar-refractivity contribution in [1.82, 2.24) is 0 Å². The first-order chi connectivity index (χ1) is 8.99. The van der Waals surface area contributed by atoms with E-state index in [-0.39, 0.29) is 16.3 Å². The predicted molar refractivity (Wildman–Crippen MR) is 70.3 cm³/mol. The third-order valence-corrected chi connectivity index (χ3v) is 3.46. The van der Waals surface area contributed by atoms with Crippen molar-refractivity contribution in [1.29, 1.82) is 0 Å². The molecule has 2 aromatic carbocycles. The zero-order valence-electron chi connectivity index (χ0n) is 9.61. The zero-order chi connectivity index (χ0) is 14.0. The summed E-state index contributed by atoms with van der Waals surface area (Å²) in [6.07, 6.45) is 0. The molecule has 0 aliphatic carbocycles. The number of anilines is 1. The molecule has 0 radical (unpaired) electrons. The van der Waals surface area contributed by atoms with Crippen LogP contribution in [0.3, 0.4) is 0 Å². The van der Waals surface area contributed by atoms with Gasteiger partial charge in [-0.3, -0.25) is 10.4 Å². The molecule has 0 aliphatic rings. The third-order valence-electron chi connectivity index (χ3n) is 2.57. The minimum Gasteiger partial charge on any atom is -0.322 e. The normalized spacial score (nSPS) is 12.1. The summed E-state index contributed by atoms with van der Waals surface area (Å²) in [7, 11) is -4.39. The van der Waals surface area contributed by atoms with Gasteiger partial charge >= 0.3 is 0 Å². The summed E-state index contributed by atoms with van der Waals surface area (Å²) in [5, 5.41) is 7.63. The van der Waals surface area contributed by atoms with E-state index in [1.165, 1.54) is 12.1 Å². The summed E-state index contributed by atoms with van der Waals surface area (Å²) < 4.78 is 32.0. The number of nitrogens with one attached hydrogen (secondary N) is 1. The van der Waals surface area contributed by atoms with Gasteiger partial charge in [-0.05, 0) is 6.07 Å². The molecule has 0 aliphatic heterocycles. The average molecular weight is 281 g/mol. The van der Waals surface area contributed by atoms with Crippen LogP contribution < -0.4 is 17.1 Å². The minimum atomic E-state index is -4.39. The highest BCUT2D eigenvalue weighted by atomic mass is 32.2. The Bertz CT molecular complexity index is 757. The second-order valence-electron chi connectivity index (χ2n) is 3.65. The maximum atomic E-state index is 11.4. The monoisotopic (exact) mass is 281 g/mol. The largest absolute Gasteiger partial charge is 0.322 e. The number of nitrogens with two attached hydrogens (primary N) is 2. The van der Waals surface area contributed by atoms with Crippen molar-refractivity contribution in [2.45, 2.75) is 4.90 Å². The summed E-state index contributed by atoms with van der Waals surface area (Å²) in [5.41, 5.74) is 2.77. The van der Waals surface area contributed by atoms with Crippen LogP contribution in [0.15, 0.2) is 45.6 Å². The summed E-state index contributed by atoms with van der Waals surface area (Å²) in [4.78, 5) is -0.271. The standard InChI is InChI=1S/C10H11N5O3S/c11-13-8-5-9(19(16,17)18)6-3-1-2-4-7(6)10(8)14-15-12/h1-5,13H,11H2,(H2,12,14)(H,16,17,18). The van der Waals surface area contributed by atoms with Gasteiger partial charge in [-0.2, -0.15) is 8.42 Å². The van der Waals surface area contributed by atoms with Crippen LogP contribution in [-0.2, 0) is 10.1 Å². The Hall–Kier alpha value is -2.23. The van der Waals surface area contributed by atoms with Crippen LogP contribution in [0.4, 0.5) is 11.4 Å². The molecular formula is C10H11N5O3S. The molecular weight excluding hydrogens is 270 g/mol. The fraction of sp³-hybridized carbons (Fsp3) is 0. The fourth-order valence-electron chi connectivity index (χ4n) is 1.82. The Morgan fingerprint density at radius 3 is 2.37 bits per heavy atom. The number of benzene rings is 2. The van der Waals surface area contributed by atoms with E-state index in [9.17, 15) is 13.0 Å². The number of nitrogens with zero attached hydrogens (tertiary/aromatic N) is 2. The molecule has 0 aromatic heterocycles. The van der Waals surface area contributed by atoms with Crippen LogP contribution in [0.1, 0.15) is 0 Å². The van der Waals surface area contributed by atoms with Gasteiger partial charge < -0.3 is 11.3 Å². The lowest BCUT2D eigenvalue weighted by Crippen LogP contribution is -2.09. The molecule has 8 nitrogen and oxygen atoms in total. The highest BCUT2D eigenvalue weighted by Gasteiger charge is 2.19. The zero-order valence-corrected chi connectivity index (χ0v) is 10.4. The van der Waals surface area contributed by atoms with Gasteiger partial charge in [0.25, 0.3) is 10.1 Å². The second kappa shape index (κ2) is 4.80. The summed E-state index contributed by atoms with van der Waals surface area (Å²) in [6.45, 7) is 0. The van der Waals surface area contributed by atoms with E-state index in [4.69, 9.17) is 11.7 Å². The lowest BCUT2D eigenvalue weighted by Gasteiger charge is -2.11. The van der Waals surface area contributed by atoms with Crippen LogP contribution in [0.2, 0.25) is 0 Å². The van der Waals surface area contributed by atoms with E-state index >= 15 is 0 Å². The van der Waals surface area contributed by atoms with Crippen LogP contribution in [0, 0.1) is 0 Å². The summed E-state index contributed by atoms with van der Waals surface area (Å²) >= 11 is 0. The van der Waals surface area contributed by atoms with Crippen molar-refractivity contribution in [2.24, 2.45) is 22.0 Å². The molecule has 6 N–H and O–H groups in total. The highest BCUT2D eigenvalue weighted by Crippen LogP contribution is 2.37. The van der Waals surface area contributed by atoms with Crippen molar-refractivity contribution in [3.63, 3.8) is 0 Å². The smallest absolute Gasteiger partial charge is 0.295 e. The fourth-order valence-corrected chi connectivity index (χ4v) is 2.54. The number of hydrazine groups is 1. The predicted octanol–water partition coefficient (Wildman–Crippen LogP) is 1.33. The molecule has 0 spiro atoms. The minimum absolute atomic E-state index is 0.181. The Kier molecular flexibility index (Phi) is 3.34. The Balaban J connectivity index is 2.99. The van der Waals surface area contributed by atoms with Crippen LogP contribution >= 0.6 is 0 Å². The molecule has 100 valence electrons. The van der Waals surface area contributed by atoms with Crippen molar-refractivity contribution >= 4 is 32.3 Å². The Morgan fingerprint density at radius 1 is 1.21 bits per heavy atom. The maximum Gasteiger partial charge on any atom is 0.295 e. The molecule has 0 fully saturated rings. The number of fused-ring (bicyclic) bond motifs is 1. The van der Waals surface area contributed by atoms with Crippen LogP contribution in [-0.4, -0.2) is 13.0 Å². The van der Waals surface area contributed by atoms with Crippen molar-refractivity contribution in [2.75, 3.05) is 5.43 Å². The quantitative estimate of drug-likeness (QED) is 0.289. The molecule has 0 atom stereocenters. The summed E-state index contributed by atoms with van der Waals surface area (Å²) in [6, 6.07) is 7.65. The molecule has 0 amide bonds. The molecule has 0 bridgehead atoms. The lowest BCUT2D eigenvalue weighted by molar-refractivity contribution is 0.484. The van der Waals surface area contributed by atoms with Gasteiger partial charge in [-0.1, -0.05) is 29.5 Å². The van der Waals surface area contributed by atoms with E-state index in [0.717, 1.165) is 0 Å². The molecule has 9 heteroatoms. The molecule has 0 saturated carbocycles. The lowest BCUT2D eigenvalue weighted by atomic mass is 10.1. The van der Waals surface area contributed by atoms with Crippen molar-refractivity contribution in [3.8, 4) is 0 Å². The van der Waals surface area contributed by atoms with Crippen molar-refractivity contribution in [3.05, 3.63) is 30.3 Å². The van der Waals surface area contributed by atoms with Gasteiger partial charge in [-0.25, -0.2) is 0 Å². The van der Waals surface area contributed by atoms with Crippen molar-refractivity contribution < 1.29 is 13.0 Å². The number of hydrogen-bond donors (Lipinski definition) is 4. The van der Waals surface area contributed by atoms with Gasteiger partial charge in [0, 0.05) is 10.8 Å².